The number of urea groups is 1. The maximum absolute atomic E-state index is 12.6. The molecule has 3 atom stereocenters. The molecule has 1 saturated heterocycles. The maximum Gasteiger partial charge on any atom is 0.317 e. The first kappa shape index (κ1) is 14.8. The Bertz CT molecular complexity index is 785. The highest BCUT2D eigenvalue weighted by Gasteiger charge is 2.56. The Balaban J connectivity index is 1.17. The number of carbonyl (C=O) groups excluding carboxylic acids is 1. The quantitative estimate of drug-likeness (QED) is 0.916. The number of hydrogen-bond acceptors (Lipinski definition) is 3. The zero-order valence-corrected chi connectivity index (χ0v) is 14.1. The van der Waals surface area contributed by atoms with Crippen LogP contribution in [-0.4, -0.2) is 48.1 Å². The number of aromatic nitrogens is 1. The second-order valence-corrected chi connectivity index (χ2v) is 7.23. The smallest absolute Gasteiger partial charge is 0.317 e. The van der Waals surface area contributed by atoms with Gasteiger partial charge in [0.2, 0.25) is 0 Å². The molecule has 1 aliphatic heterocycles. The molecule has 1 saturated carbocycles. The van der Waals surface area contributed by atoms with Crippen LogP contribution in [0.2, 0.25) is 0 Å². The van der Waals surface area contributed by atoms with Crippen LogP contribution in [0, 0.1) is 5.92 Å². The van der Waals surface area contributed by atoms with Crippen LogP contribution in [0.1, 0.15) is 17.0 Å². The average molecular weight is 334 g/mol. The van der Waals surface area contributed by atoms with Crippen LogP contribution < -0.4 is 10.2 Å². The van der Waals surface area contributed by atoms with Crippen molar-refractivity contribution in [1.82, 2.24) is 15.2 Å². The van der Waals surface area contributed by atoms with E-state index in [2.05, 4.69) is 39.5 Å². The fourth-order valence-corrected chi connectivity index (χ4v) is 4.46. The molecule has 0 bridgehead atoms. The summed E-state index contributed by atoms with van der Waals surface area (Å²) in [5, 5.41) is 3.27. The topological polar surface area (TPSA) is 48.5 Å². The predicted molar refractivity (Wildman–Crippen MR) is 96.7 cm³/mol. The third-order valence-corrected chi connectivity index (χ3v) is 5.87. The lowest BCUT2D eigenvalue weighted by atomic mass is 10.1. The molecule has 5 nitrogen and oxygen atoms in total. The highest BCUT2D eigenvalue weighted by atomic mass is 16.2. The third-order valence-electron chi connectivity index (χ3n) is 5.87. The summed E-state index contributed by atoms with van der Waals surface area (Å²) >= 11 is 0. The highest BCUT2D eigenvalue weighted by Crippen LogP contribution is 2.56. The Morgan fingerprint density at radius 3 is 2.64 bits per heavy atom. The maximum atomic E-state index is 12.6. The number of carbonyl (C=O) groups is 1. The lowest BCUT2D eigenvalue weighted by Gasteiger charge is -2.35. The van der Waals surface area contributed by atoms with E-state index < -0.39 is 0 Å². The predicted octanol–water partition coefficient (Wildman–Crippen LogP) is 2.25. The Labute approximate surface area is 147 Å². The van der Waals surface area contributed by atoms with E-state index in [-0.39, 0.29) is 6.03 Å². The van der Waals surface area contributed by atoms with Crippen molar-refractivity contribution in [1.29, 1.82) is 0 Å². The molecule has 5 rings (SSSR count). The molecule has 3 aliphatic rings. The molecule has 0 radical (unpaired) electrons. The average Bonchev–Trinajstić information content (AvgIpc) is 3.18. The minimum Gasteiger partial charge on any atom is -0.353 e. The normalized spacial score (nSPS) is 26.8. The molecule has 2 fully saturated rings. The SMILES string of the molecule is O=C(N[C@@H]1[C@H]2Cc3ccccc3[C@H]21)N1CCN(c2ccccn2)CC1. The summed E-state index contributed by atoms with van der Waals surface area (Å²) in [6.07, 6.45) is 2.93. The summed E-state index contributed by atoms with van der Waals surface area (Å²) in [6.45, 7) is 3.18. The van der Waals surface area contributed by atoms with Gasteiger partial charge in [-0.25, -0.2) is 9.78 Å². The number of nitrogens with zero attached hydrogens (tertiary/aromatic N) is 3. The van der Waals surface area contributed by atoms with Crippen molar-refractivity contribution in [2.45, 2.75) is 18.4 Å². The molecular weight excluding hydrogens is 312 g/mol. The fraction of sp³-hybridized carbons (Fsp3) is 0.400. The summed E-state index contributed by atoms with van der Waals surface area (Å²) in [6, 6.07) is 15.0. The Morgan fingerprint density at radius 1 is 1.04 bits per heavy atom. The van der Waals surface area contributed by atoms with Gasteiger partial charge in [-0.3, -0.25) is 0 Å². The lowest BCUT2D eigenvalue weighted by Crippen LogP contribution is -2.52. The van der Waals surface area contributed by atoms with Gasteiger partial charge in [-0.1, -0.05) is 30.3 Å². The van der Waals surface area contributed by atoms with Crippen LogP contribution >= 0.6 is 0 Å². The molecule has 1 aromatic heterocycles. The second kappa shape index (κ2) is 5.76. The van der Waals surface area contributed by atoms with Gasteiger partial charge in [0, 0.05) is 44.3 Å². The van der Waals surface area contributed by atoms with Gasteiger partial charge in [0.05, 0.1) is 0 Å². The number of nitrogens with one attached hydrogen (secondary N) is 1. The van der Waals surface area contributed by atoms with E-state index in [9.17, 15) is 4.79 Å². The highest BCUT2D eigenvalue weighted by molar-refractivity contribution is 5.76. The molecule has 2 amide bonds. The fourth-order valence-electron chi connectivity index (χ4n) is 4.46. The van der Waals surface area contributed by atoms with Gasteiger partial charge in [-0.2, -0.15) is 0 Å². The van der Waals surface area contributed by atoms with E-state index in [4.69, 9.17) is 0 Å². The monoisotopic (exact) mass is 334 g/mol. The zero-order chi connectivity index (χ0) is 16.8. The Morgan fingerprint density at radius 2 is 1.84 bits per heavy atom. The standard InChI is InChI=1S/C20H22N4O/c25-20(22-19-16-13-14-5-1-2-6-15(14)18(16)19)24-11-9-23(10-12-24)17-7-3-4-8-21-17/h1-8,16,18-19H,9-13H2,(H,22,25)/t16-,18+,19+/m0/s1. The van der Waals surface area contributed by atoms with Gasteiger partial charge in [0.25, 0.3) is 0 Å². The lowest BCUT2D eigenvalue weighted by molar-refractivity contribution is 0.193. The molecule has 128 valence electrons. The summed E-state index contributed by atoms with van der Waals surface area (Å²) in [7, 11) is 0. The molecule has 1 aromatic carbocycles. The van der Waals surface area contributed by atoms with Crippen LogP contribution in [-0.2, 0) is 6.42 Å². The van der Waals surface area contributed by atoms with Gasteiger partial charge in [-0.15, -0.1) is 0 Å². The van der Waals surface area contributed by atoms with E-state index in [1.165, 1.54) is 11.1 Å². The summed E-state index contributed by atoms with van der Waals surface area (Å²) in [5.74, 6) is 2.14. The van der Waals surface area contributed by atoms with Crippen molar-refractivity contribution < 1.29 is 4.79 Å². The third kappa shape index (κ3) is 2.54. The molecule has 2 aliphatic carbocycles. The molecule has 2 aromatic rings. The van der Waals surface area contributed by atoms with Crippen LogP contribution in [0.5, 0.6) is 0 Å². The van der Waals surface area contributed by atoms with Crippen molar-refractivity contribution in [2.24, 2.45) is 5.92 Å². The Kier molecular flexibility index (Phi) is 3.40. The van der Waals surface area contributed by atoms with Crippen molar-refractivity contribution in [3.05, 3.63) is 59.8 Å². The number of fused-ring (bicyclic) bond motifs is 3. The van der Waals surface area contributed by atoms with Crippen molar-refractivity contribution in [3.63, 3.8) is 0 Å². The van der Waals surface area contributed by atoms with Crippen molar-refractivity contribution >= 4 is 11.8 Å². The van der Waals surface area contributed by atoms with E-state index in [0.29, 0.717) is 17.9 Å². The van der Waals surface area contributed by atoms with Gasteiger partial charge in [0.1, 0.15) is 5.82 Å². The first-order valence-corrected chi connectivity index (χ1v) is 9.10. The van der Waals surface area contributed by atoms with Gasteiger partial charge in [-0.05, 0) is 35.6 Å². The summed E-state index contributed by atoms with van der Waals surface area (Å²) in [5.41, 5.74) is 2.91. The van der Waals surface area contributed by atoms with E-state index in [1.54, 1.807) is 0 Å². The van der Waals surface area contributed by atoms with E-state index in [0.717, 1.165) is 38.4 Å². The van der Waals surface area contributed by atoms with Gasteiger partial charge in [0.15, 0.2) is 0 Å². The molecule has 0 spiro atoms. The van der Waals surface area contributed by atoms with Crippen LogP contribution in [0.3, 0.4) is 0 Å². The molecule has 25 heavy (non-hydrogen) atoms. The first-order valence-electron chi connectivity index (χ1n) is 9.10. The summed E-state index contributed by atoms with van der Waals surface area (Å²) in [4.78, 5) is 21.2. The first-order chi connectivity index (χ1) is 12.3. The molecule has 1 N–H and O–H groups in total. The second-order valence-electron chi connectivity index (χ2n) is 7.23. The summed E-state index contributed by atoms with van der Waals surface area (Å²) < 4.78 is 0. The van der Waals surface area contributed by atoms with Crippen molar-refractivity contribution in [3.8, 4) is 0 Å². The zero-order valence-electron chi connectivity index (χ0n) is 14.1. The number of amides is 2. The van der Waals surface area contributed by atoms with E-state index >= 15 is 0 Å². The van der Waals surface area contributed by atoms with Crippen LogP contribution in [0.15, 0.2) is 48.7 Å². The van der Waals surface area contributed by atoms with Crippen LogP contribution in [0.4, 0.5) is 10.6 Å². The largest absolute Gasteiger partial charge is 0.353 e. The number of piperazine rings is 1. The van der Waals surface area contributed by atoms with E-state index in [1.807, 2.05) is 29.3 Å². The van der Waals surface area contributed by atoms with Gasteiger partial charge >= 0.3 is 6.03 Å². The minimum absolute atomic E-state index is 0.0950. The molecule has 2 heterocycles. The van der Waals surface area contributed by atoms with Gasteiger partial charge < -0.3 is 15.1 Å². The molecule has 0 unspecified atom stereocenters. The number of pyridine rings is 1. The Hall–Kier alpha value is -2.56. The number of rotatable bonds is 2. The molecular formula is C20H22N4O. The number of benzene rings is 1. The number of anilines is 1. The molecule has 5 heteroatoms. The van der Waals surface area contributed by atoms with Crippen molar-refractivity contribution in [2.75, 3.05) is 31.1 Å². The minimum atomic E-state index is 0.0950. The number of hydrogen-bond donors (Lipinski definition) is 1. The van der Waals surface area contributed by atoms with Crippen LogP contribution in [0.25, 0.3) is 0 Å².